The smallest absolute Gasteiger partial charge is 0.0943 e. The number of nitrogens with two attached hydrogens (primary N) is 1. The van der Waals surface area contributed by atoms with Crippen molar-refractivity contribution in [2.75, 3.05) is 6.54 Å². The van der Waals surface area contributed by atoms with E-state index < -0.39 is 0 Å². The van der Waals surface area contributed by atoms with Crippen LogP contribution >= 0.6 is 22.9 Å². The number of rotatable bonds is 4. The van der Waals surface area contributed by atoms with Crippen LogP contribution in [0.4, 0.5) is 0 Å². The van der Waals surface area contributed by atoms with Gasteiger partial charge in [-0.25, -0.2) is 4.98 Å². The van der Waals surface area contributed by atoms with Crippen LogP contribution in [0.1, 0.15) is 21.1 Å². The van der Waals surface area contributed by atoms with Gasteiger partial charge in [-0.1, -0.05) is 29.8 Å². The Balaban J connectivity index is 2.21. The first kappa shape index (κ1) is 12.6. The molecule has 1 aromatic carbocycles. The third kappa shape index (κ3) is 3.06. The van der Waals surface area contributed by atoms with Gasteiger partial charge in [0.1, 0.15) is 0 Å². The number of benzene rings is 1. The van der Waals surface area contributed by atoms with Crippen LogP contribution in [0.15, 0.2) is 24.3 Å². The van der Waals surface area contributed by atoms with Crippen molar-refractivity contribution in [3.05, 3.63) is 50.4 Å². The fraction of sp³-hybridized carbons (Fsp3) is 0.308. The SMILES string of the molecule is Cc1nc(CCN)sc1Cc1ccccc1Cl. The van der Waals surface area contributed by atoms with Gasteiger partial charge in [-0.15, -0.1) is 11.3 Å². The molecule has 2 aromatic rings. The van der Waals surface area contributed by atoms with Crippen molar-refractivity contribution in [1.29, 1.82) is 0 Å². The second-order valence-electron chi connectivity index (χ2n) is 3.92. The maximum Gasteiger partial charge on any atom is 0.0943 e. The van der Waals surface area contributed by atoms with Gasteiger partial charge in [-0.3, -0.25) is 0 Å². The van der Waals surface area contributed by atoms with Gasteiger partial charge < -0.3 is 5.73 Å². The van der Waals surface area contributed by atoms with Crippen LogP contribution in [0, 0.1) is 6.92 Å². The molecule has 0 saturated heterocycles. The van der Waals surface area contributed by atoms with E-state index in [1.165, 1.54) is 4.88 Å². The molecule has 0 radical (unpaired) electrons. The number of hydrogen-bond donors (Lipinski definition) is 1. The fourth-order valence-electron chi connectivity index (χ4n) is 1.70. The lowest BCUT2D eigenvalue weighted by atomic mass is 10.1. The van der Waals surface area contributed by atoms with Gasteiger partial charge in [0.25, 0.3) is 0 Å². The lowest BCUT2D eigenvalue weighted by Gasteiger charge is -2.02. The Labute approximate surface area is 110 Å². The first-order valence-electron chi connectivity index (χ1n) is 5.59. The molecule has 2 nitrogen and oxygen atoms in total. The maximum atomic E-state index is 6.16. The summed E-state index contributed by atoms with van der Waals surface area (Å²) in [6.07, 6.45) is 1.71. The molecular formula is C13H15ClN2S. The molecule has 0 amide bonds. The van der Waals surface area contributed by atoms with Crippen LogP contribution in [0.5, 0.6) is 0 Å². The summed E-state index contributed by atoms with van der Waals surface area (Å²) >= 11 is 7.90. The van der Waals surface area contributed by atoms with Crippen molar-refractivity contribution < 1.29 is 0 Å². The molecule has 4 heteroatoms. The molecule has 0 atom stereocenters. The van der Waals surface area contributed by atoms with Crippen LogP contribution in [0.25, 0.3) is 0 Å². The molecular weight excluding hydrogens is 252 g/mol. The van der Waals surface area contributed by atoms with E-state index in [9.17, 15) is 0 Å². The zero-order valence-electron chi connectivity index (χ0n) is 9.74. The standard InChI is InChI=1S/C13H15ClN2S/c1-9-12(17-13(16-9)6-7-15)8-10-4-2-3-5-11(10)14/h2-5H,6-8,15H2,1H3. The minimum Gasteiger partial charge on any atom is -0.330 e. The zero-order valence-corrected chi connectivity index (χ0v) is 11.3. The minimum atomic E-state index is 0.651. The number of nitrogens with zero attached hydrogens (tertiary/aromatic N) is 1. The number of hydrogen-bond acceptors (Lipinski definition) is 3. The molecule has 17 heavy (non-hydrogen) atoms. The van der Waals surface area contributed by atoms with E-state index in [0.717, 1.165) is 34.1 Å². The Morgan fingerprint density at radius 2 is 2.12 bits per heavy atom. The Hall–Kier alpha value is -0.900. The van der Waals surface area contributed by atoms with Gasteiger partial charge in [-0.05, 0) is 25.1 Å². The van der Waals surface area contributed by atoms with E-state index in [-0.39, 0.29) is 0 Å². The van der Waals surface area contributed by atoms with Gasteiger partial charge in [-0.2, -0.15) is 0 Å². The molecule has 2 rings (SSSR count). The summed E-state index contributed by atoms with van der Waals surface area (Å²) in [5.74, 6) is 0. The Kier molecular flexibility index (Phi) is 4.15. The molecule has 0 aliphatic carbocycles. The van der Waals surface area contributed by atoms with E-state index in [2.05, 4.69) is 11.1 Å². The molecule has 0 spiro atoms. The monoisotopic (exact) mass is 266 g/mol. The lowest BCUT2D eigenvalue weighted by molar-refractivity contribution is 0.943. The van der Waals surface area contributed by atoms with Crippen LogP contribution in [-0.2, 0) is 12.8 Å². The Morgan fingerprint density at radius 1 is 1.35 bits per heavy atom. The molecule has 0 aliphatic rings. The molecule has 2 N–H and O–H groups in total. The van der Waals surface area contributed by atoms with Crippen molar-refractivity contribution >= 4 is 22.9 Å². The van der Waals surface area contributed by atoms with Gasteiger partial charge in [0, 0.05) is 22.7 Å². The summed E-state index contributed by atoms with van der Waals surface area (Å²) < 4.78 is 0. The van der Waals surface area contributed by atoms with Crippen LogP contribution in [0.3, 0.4) is 0 Å². The van der Waals surface area contributed by atoms with Crippen molar-refractivity contribution in [2.45, 2.75) is 19.8 Å². The van der Waals surface area contributed by atoms with E-state index in [0.29, 0.717) is 6.54 Å². The zero-order chi connectivity index (χ0) is 12.3. The Bertz CT molecular complexity index is 508. The predicted octanol–water partition coefficient (Wildman–Crippen LogP) is 3.20. The highest BCUT2D eigenvalue weighted by Gasteiger charge is 2.09. The maximum absolute atomic E-state index is 6.16. The molecule has 0 unspecified atom stereocenters. The van der Waals surface area contributed by atoms with E-state index in [1.807, 2.05) is 25.1 Å². The summed E-state index contributed by atoms with van der Waals surface area (Å²) in [6, 6.07) is 7.95. The molecule has 1 aromatic heterocycles. The van der Waals surface area contributed by atoms with Crippen LogP contribution < -0.4 is 5.73 Å². The summed E-state index contributed by atoms with van der Waals surface area (Å²) in [7, 11) is 0. The molecule has 0 saturated carbocycles. The predicted molar refractivity (Wildman–Crippen MR) is 73.9 cm³/mol. The number of aryl methyl sites for hydroxylation is 1. The van der Waals surface area contributed by atoms with Crippen LogP contribution in [-0.4, -0.2) is 11.5 Å². The van der Waals surface area contributed by atoms with Crippen molar-refractivity contribution in [3.8, 4) is 0 Å². The quantitative estimate of drug-likeness (QED) is 0.923. The lowest BCUT2D eigenvalue weighted by Crippen LogP contribution is -2.01. The van der Waals surface area contributed by atoms with Crippen molar-refractivity contribution in [3.63, 3.8) is 0 Å². The normalized spacial score (nSPS) is 10.8. The minimum absolute atomic E-state index is 0.651. The summed E-state index contributed by atoms with van der Waals surface area (Å²) in [6.45, 7) is 2.70. The third-order valence-corrected chi connectivity index (χ3v) is 4.19. The summed E-state index contributed by atoms with van der Waals surface area (Å²) in [5.41, 5.74) is 7.79. The van der Waals surface area contributed by atoms with Gasteiger partial charge in [0.15, 0.2) is 0 Å². The first-order chi connectivity index (χ1) is 8.20. The Morgan fingerprint density at radius 3 is 2.82 bits per heavy atom. The molecule has 1 heterocycles. The van der Waals surface area contributed by atoms with Gasteiger partial charge in [0.2, 0.25) is 0 Å². The molecule has 90 valence electrons. The van der Waals surface area contributed by atoms with E-state index >= 15 is 0 Å². The third-order valence-electron chi connectivity index (χ3n) is 2.60. The van der Waals surface area contributed by atoms with Gasteiger partial charge in [0.05, 0.1) is 10.7 Å². The largest absolute Gasteiger partial charge is 0.330 e. The highest BCUT2D eigenvalue weighted by atomic mass is 35.5. The average Bonchev–Trinajstić information content (AvgIpc) is 2.63. The number of halogens is 1. The number of aromatic nitrogens is 1. The molecule has 0 fully saturated rings. The number of thiazole rings is 1. The van der Waals surface area contributed by atoms with Gasteiger partial charge >= 0.3 is 0 Å². The second kappa shape index (κ2) is 5.63. The fourth-order valence-corrected chi connectivity index (χ4v) is 3.01. The van der Waals surface area contributed by atoms with Crippen molar-refractivity contribution in [2.24, 2.45) is 5.73 Å². The second-order valence-corrected chi connectivity index (χ2v) is 5.50. The first-order valence-corrected chi connectivity index (χ1v) is 6.79. The average molecular weight is 267 g/mol. The highest BCUT2D eigenvalue weighted by Crippen LogP contribution is 2.25. The highest BCUT2D eigenvalue weighted by molar-refractivity contribution is 7.11. The molecule has 0 aliphatic heterocycles. The van der Waals surface area contributed by atoms with E-state index in [4.69, 9.17) is 17.3 Å². The molecule has 0 bridgehead atoms. The van der Waals surface area contributed by atoms with Crippen LogP contribution in [0.2, 0.25) is 5.02 Å². The van der Waals surface area contributed by atoms with Crippen molar-refractivity contribution in [1.82, 2.24) is 4.98 Å². The summed E-state index contributed by atoms with van der Waals surface area (Å²) in [5, 5.41) is 1.94. The summed E-state index contributed by atoms with van der Waals surface area (Å²) in [4.78, 5) is 5.80. The van der Waals surface area contributed by atoms with E-state index in [1.54, 1.807) is 11.3 Å². The topological polar surface area (TPSA) is 38.9 Å².